The number of carbonyl (C=O) groups excluding carboxylic acids is 1. The van der Waals surface area contributed by atoms with E-state index in [1.165, 1.54) is 19.5 Å². The lowest BCUT2D eigenvalue weighted by molar-refractivity contribution is 0.102. The van der Waals surface area contributed by atoms with Gasteiger partial charge >= 0.3 is 0 Å². The summed E-state index contributed by atoms with van der Waals surface area (Å²) >= 11 is 5.99. The van der Waals surface area contributed by atoms with E-state index >= 15 is 0 Å². The maximum absolute atomic E-state index is 12.5. The van der Waals surface area contributed by atoms with Gasteiger partial charge in [0.1, 0.15) is 5.75 Å². The van der Waals surface area contributed by atoms with Crippen molar-refractivity contribution in [3.63, 3.8) is 0 Å². The Kier molecular flexibility index (Phi) is 5.88. The van der Waals surface area contributed by atoms with E-state index in [9.17, 15) is 4.79 Å². The number of ether oxygens (including phenoxy) is 1. The van der Waals surface area contributed by atoms with Crippen LogP contribution in [-0.4, -0.2) is 30.0 Å². The van der Waals surface area contributed by atoms with Crippen molar-refractivity contribution in [2.45, 2.75) is 6.54 Å². The molecule has 3 aromatic rings. The van der Waals surface area contributed by atoms with E-state index in [0.717, 1.165) is 5.56 Å². The van der Waals surface area contributed by atoms with Crippen molar-refractivity contribution in [1.82, 2.24) is 9.97 Å². The average molecular weight is 383 g/mol. The molecule has 0 bridgehead atoms. The Hall–Kier alpha value is -3.12. The van der Waals surface area contributed by atoms with Crippen LogP contribution in [0.1, 0.15) is 15.9 Å². The van der Waals surface area contributed by atoms with Gasteiger partial charge in [-0.3, -0.25) is 4.79 Å². The van der Waals surface area contributed by atoms with Gasteiger partial charge in [-0.05, 0) is 23.8 Å². The van der Waals surface area contributed by atoms with E-state index in [0.29, 0.717) is 34.5 Å². The predicted molar refractivity (Wildman–Crippen MR) is 107 cm³/mol. The Morgan fingerprint density at radius 3 is 2.52 bits per heavy atom. The summed E-state index contributed by atoms with van der Waals surface area (Å²) < 4.78 is 5.23. The molecule has 0 unspecified atom stereocenters. The summed E-state index contributed by atoms with van der Waals surface area (Å²) in [6, 6.07) is 15.0. The molecule has 1 N–H and O–H groups in total. The molecule has 2 aromatic carbocycles. The number of benzene rings is 2. The summed E-state index contributed by atoms with van der Waals surface area (Å²) in [7, 11) is 3.43. The van der Waals surface area contributed by atoms with E-state index in [-0.39, 0.29) is 5.91 Å². The number of hydrogen-bond acceptors (Lipinski definition) is 5. The highest BCUT2D eigenvalue weighted by Crippen LogP contribution is 2.28. The Morgan fingerprint density at radius 2 is 1.85 bits per heavy atom. The third-order valence-corrected chi connectivity index (χ3v) is 4.15. The van der Waals surface area contributed by atoms with Gasteiger partial charge < -0.3 is 15.0 Å². The van der Waals surface area contributed by atoms with Crippen LogP contribution in [0.25, 0.3) is 0 Å². The second-order valence-corrected chi connectivity index (χ2v) is 6.35. The molecule has 138 valence electrons. The lowest BCUT2D eigenvalue weighted by Crippen LogP contribution is -2.20. The minimum Gasteiger partial charge on any atom is -0.495 e. The summed E-state index contributed by atoms with van der Waals surface area (Å²) in [5.74, 6) is 0.719. The molecule has 0 radical (unpaired) electrons. The third kappa shape index (κ3) is 4.74. The molecule has 0 aliphatic carbocycles. The van der Waals surface area contributed by atoms with Gasteiger partial charge in [0.2, 0.25) is 5.95 Å². The smallest absolute Gasteiger partial charge is 0.258 e. The Balaban J connectivity index is 1.69. The highest BCUT2D eigenvalue weighted by Gasteiger charge is 2.13. The quantitative estimate of drug-likeness (QED) is 0.697. The first kappa shape index (κ1) is 18.7. The first-order chi connectivity index (χ1) is 13.1. The van der Waals surface area contributed by atoms with Crippen molar-refractivity contribution in [2.75, 3.05) is 24.4 Å². The standard InChI is InChI=1S/C20H19ClN4O2/c1-25(13-14-6-4-3-5-7-14)20-22-11-15(12-23-20)19(26)24-17-10-16(21)8-9-18(17)27-2/h3-12H,13H2,1-2H3,(H,24,26). The van der Waals surface area contributed by atoms with E-state index in [1.807, 2.05) is 42.3 Å². The number of aromatic nitrogens is 2. The topological polar surface area (TPSA) is 67.3 Å². The molecule has 7 heteroatoms. The summed E-state index contributed by atoms with van der Waals surface area (Å²) in [6.45, 7) is 0.673. The number of carbonyl (C=O) groups is 1. The second-order valence-electron chi connectivity index (χ2n) is 5.91. The zero-order chi connectivity index (χ0) is 19.2. The molecule has 1 amide bonds. The van der Waals surface area contributed by atoms with Crippen molar-refractivity contribution < 1.29 is 9.53 Å². The molecule has 0 saturated heterocycles. The number of anilines is 2. The molecular weight excluding hydrogens is 364 g/mol. The first-order valence-electron chi connectivity index (χ1n) is 8.29. The Bertz CT molecular complexity index is 917. The van der Waals surface area contributed by atoms with Crippen LogP contribution in [0, 0.1) is 0 Å². The van der Waals surface area contributed by atoms with Gasteiger partial charge in [0.05, 0.1) is 18.4 Å². The van der Waals surface area contributed by atoms with E-state index in [2.05, 4.69) is 15.3 Å². The number of rotatable bonds is 6. The fourth-order valence-electron chi connectivity index (χ4n) is 2.54. The molecule has 0 atom stereocenters. The van der Waals surface area contributed by atoms with E-state index < -0.39 is 0 Å². The van der Waals surface area contributed by atoms with Gasteiger partial charge in [-0.15, -0.1) is 0 Å². The number of nitrogens with one attached hydrogen (secondary N) is 1. The van der Waals surface area contributed by atoms with Gasteiger partial charge in [-0.2, -0.15) is 0 Å². The molecule has 0 spiro atoms. The average Bonchev–Trinajstić information content (AvgIpc) is 2.69. The number of methoxy groups -OCH3 is 1. The van der Waals surface area contributed by atoms with Crippen LogP contribution in [0.4, 0.5) is 11.6 Å². The van der Waals surface area contributed by atoms with Crippen molar-refractivity contribution in [3.05, 3.63) is 77.1 Å². The van der Waals surface area contributed by atoms with E-state index in [1.54, 1.807) is 18.2 Å². The largest absolute Gasteiger partial charge is 0.495 e. The van der Waals surface area contributed by atoms with Crippen LogP contribution in [0.5, 0.6) is 5.75 Å². The molecule has 1 heterocycles. The van der Waals surface area contributed by atoms with Crippen LogP contribution in [0.15, 0.2) is 60.9 Å². The molecule has 6 nitrogen and oxygen atoms in total. The van der Waals surface area contributed by atoms with Crippen molar-refractivity contribution in [3.8, 4) is 5.75 Å². The predicted octanol–water partition coefficient (Wildman–Crippen LogP) is 4.03. The Morgan fingerprint density at radius 1 is 1.15 bits per heavy atom. The number of hydrogen-bond donors (Lipinski definition) is 1. The second kappa shape index (κ2) is 8.51. The van der Waals surface area contributed by atoms with Gasteiger partial charge in [0.25, 0.3) is 5.91 Å². The van der Waals surface area contributed by atoms with Crippen LogP contribution in [0.3, 0.4) is 0 Å². The lowest BCUT2D eigenvalue weighted by atomic mass is 10.2. The van der Waals surface area contributed by atoms with Gasteiger partial charge in [-0.25, -0.2) is 9.97 Å². The van der Waals surface area contributed by atoms with Crippen LogP contribution < -0.4 is 15.0 Å². The van der Waals surface area contributed by atoms with Crippen LogP contribution in [-0.2, 0) is 6.54 Å². The zero-order valence-electron chi connectivity index (χ0n) is 15.0. The first-order valence-corrected chi connectivity index (χ1v) is 8.66. The fourth-order valence-corrected chi connectivity index (χ4v) is 2.71. The van der Waals surface area contributed by atoms with E-state index in [4.69, 9.17) is 16.3 Å². The fraction of sp³-hybridized carbons (Fsp3) is 0.150. The minimum atomic E-state index is -0.340. The SMILES string of the molecule is COc1ccc(Cl)cc1NC(=O)c1cnc(N(C)Cc2ccccc2)nc1. The number of nitrogens with zero attached hydrogens (tertiary/aromatic N) is 3. The van der Waals surface area contributed by atoms with Gasteiger partial charge in [0.15, 0.2) is 0 Å². The third-order valence-electron chi connectivity index (χ3n) is 3.91. The zero-order valence-corrected chi connectivity index (χ0v) is 15.8. The molecule has 0 aliphatic rings. The molecule has 27 heavy (non-hydrogen) atoms. The maximum atomic E-state index is 12.5. The molecular formula is C20H19ClN4O2. The summed E-state index contributed by atoms with van der Waals surface area (Å²) in [6.07, 6.45) is 2.99. The normalized spacial score (nSPS) is 10.3. The van der Waals surface area contributed by atoms with Crippen LogP contribution in [0.2, 0.25) is 5.02 Å². The minimum absolute atomic E-state index is 0.340. The highest BCUT2D eigenvalue weighted by atomic mass is 35.5. The van der Waals surface area contributed by atoms with Gasteiger partial charge in [-0.1, -0.05) is 41.9 Å². The Labute approximate surface area is 162 Å². The maximum Gasteiger partial charge on any atom is 0.258 e. The summed E-state index contributed by atoms with van der Waals surface area (Å²) in [5, 5.41) is 3.27. The number of halogens is 1. The monoisotopic (exact) mass is 382 g/mol. The highest BCUT2D eigenvalue weighted by molar-refractivity contribution is 6.31. The molecule has 0 saturated carbocycles. The molecule has 1 aromatic heterocycles. The lowest BCUT2D eigenvalue weighted by Gasteiger charge is -2.17. The van der Waals surface area contributed by atoms with Crippen molar-refractivity contribution in [2.24, 2.45) is 0 Å². The summed E-state index contributed by atoms with van der Waals surface area (Å²) in [5.41, 5.74) is 1.98. The van der Waals surface area contributed by atoms with Crippen molar-refractivity contribution in [1.29, 1.82) is 0 Å². The van der Waals surface area contributed by atoms with Crippen molar-refractivity contribution >= 4 is 29.1 Å². The summed E-state index contributed by atoms with van der Waals surface area (Å²) in [4.78, 5) is 23.0. The van der Waals surface area contributed by atoms with Crippen LogP contribution >= 0.6 is 11.6 Å². The molecule has 0 aliphatic heterocycles. The molecule has 0 fully saturated rings. The number of amides is 1. The molecule has 3 rings (SSSR count). The van der Waals surface area contributed by atoms with Gasteiger partial charge in [0, 0.05) is 31.0 Å².